The Balaban J connectivity index is 1.54. The summed E-state index contributed by atoms with van der Waals surface area (Å²) in [6.07, 6.45) is 2.21. The average molecular weight is 333 g/mol. The molecule has 1 amide bonds. The van der Waals surface area contributed by atoms with Crippen molar-refractivity contribution in [2.75, 3.05) is 0 Å². The van der Waals surface area contributed by atoms with E-state index >= 15 is 0 Å². The smallest absolute Gasteiger partial charge is 0.251 e. The lowest BCUT2D eigenvalue weighted by atomic mass is 10.0. The van der Waals surface area contributed by atoms with Gasteiger partial charge in [-0.25, -0.2) is 4.98 Å². The number of hydrogen-bond acceptors (Lipinski definition) is 2. The Morgan fingerprint density at radius 3 is 3.00 bits per heavy atom. The number of carbonyl (C=O) groups is 1. The van der Waals surface area contributed by atoms with Crippen LogP contribution in [0.15, 0.2) is 42.5 Å². The van der Waals surface area contributed by atoms with Crippen LogP contribution in [0.25, 0.3) is 11.0 Å². The third kappa shape index (κ3) is 3.16. The normalized spacial score (nSPS) is 16.6. The van der Waals surface area contributed by atoms with E-state index in [9.17, 15) is 4.79 Å². The minimum atomic E-state index is -0.0530. The van der Waals surface area contributed by atoms with Gasteiger partial charge in [0.15, 0.2) is 0 Å². The fraction of sp³-hybridized carbons (Fsp3) is 0.333. The van der Waals surface area contributed by atoms with Crippen LogP contribution in [0, 0.1) is 12.8 Å². The first-order chi connectivity index (χ1) is 12.1. The number of benzene rings is 2. The van der Waals surface area contributed by atoms with Gasteiger partial charge in [-0.05, 0) is 43.0 Å². The summed E-state index contributed by atoms with van der Waals surface area (Å²) in [4.78, 5) is 17.3. The molecule has 2 aromatic carbocycles. The van der Waals surface area contributed by atoms with Crippen LogP contribution in [-0.2, 0) is 19.5 Å². The second-order valence-electron chi connectivity index (χ2n) is 7.15. The maximum absolute atomic E-state index is 12.5. The molecule has 0 bridgehead atoms. The second-order valence-corrected chi connectivity index (χ2v) is 7.15. The highest BCUT2D eigenvalue weighted by Gasteiger charge is 2.19. The summed E-state index contributed by atoms with van der Waals surface area (Å²) in [6, 6.07) is 14.0. The quantitative estimate of drug-likeness (QED) is 0.791. The number of carbonyl (C=O) groups excluding carboxylic acids is 1. The Kier molecular flexibility index (Phi) is 4.04. The topological polar surface area (TPSA) is 46.9 Å². The Hall–Kier alpha value is -2.62. The molecule has 4 nitrogen and oxygen atoms in total. The highest BCUT2D eigenvalue weighted by atomic mass is 16.1. The molecule has 0 saturated heterocycles. The summed E-state index contributed by atoms with van der Waals surface area (Å²) in [6.45, 7) is 5.88. The Bertz CT molecular complexity index is 941. The lowest BCUT2D eigenvalue weighted by Crippen LogP contribution is -2.22. The lowest BCUT2D eigenvalue weighted by Gasteiger charge is -2.19. The van der Waals surface area contributed by atoms with E-state index in [1.54, 1.807) is 0 Å². The van der Waals surface area contributed by atoms with E-state index in [2.05, 4.69) is 35.9 Å². The molecular formula is C21H23N3O. The fourth-order valence-corrected chi connectivity index (χ4v) is 3.60. The molecule has 1 aliphatic rings. The van der Waals surface area contributed by atoms with Crippen molar-refractivity contribution in [1.82, 2.24) is 14.9 Å². The third-order valence-electron chi connectivity index (χ3n) is 5.00. The highest BCUT2D eigenvalue weighted by molar-refractivity contribution is 5.97. The van der Waals surface area contributed by atoms with Crippen LogP contribution in [0.2, 0.25) is 0 Å². The van der Waals surface area contributed by atoms with Crippen LogP contribution >= 0.6 is 0 Å². The number of nitrogens with one attached hydrogen (secondary N) is 1. The largest absolute Gasteiger partial charge is 0.348 e. The molecule has 4 heteroatoms. The highest BCUT2D eigenvalue weighted by Crippen LogP contribution is 2.25. The zero-order valence-corrected chi connectivity index (χ0v) is 14.7. The van der Waals surface area contributed by atoms with E-state index in [0.717, 1.165) is 35.4 Å². The number of amides is 1. The maximum atomic E-state index is 12.5. The monoisotopic (exact) mass is 333 g/mol. The Morgan fingerprint density at radius 1 is 1.28 bits per heavy atom. The number of aromatic nitrogens is 2. The van der Waals surface area contributed by atoms with Crippen LogP contribution in [0.4, 0.5) is 0 Å². The summed E-state index contributed by atoms with van der Waals surface area (Å²) < 4.78 is 2.30. The van der Waals surface area contributed by atoms with Crippen molar-refractivity contribution in [3.8, 4) is 0 Å². The summed E-state index contributed by atoms with van der Waals surface area (Å²) in [5.74, 6) is 1.77. The molecule has 0 unspecified atom stereocenters. The number of hydrogen-bond donors (Lipinski definition) is 1. The van der Waals surface area contributed by atoms with E-state index in [0.29, 0.717) is 18.0 Å². The van der Waals surface area contributed by atoms with Crippen molar-refractivity contribution in [2.45, 2.75) is 39.8 Å². The lowest BCUT2D eigenvalue weighted by molar-refractivity contribution is 0.0951. The van der Waals surface area contributed by atoms with Crippen LogP contribution < -0.4 is 5.32 Å². The van der Waals surface area contributed by atoms with Gasteiger partial charge in [-0.3, -0.25) is 4.79 Å². The van der Waals surface area contributed by atoms with Crippen molar-refractivity contribution < 1.29 is 4.79 Å². The molecule has 3 aromatic rings. The van der Waals surface area contributed by atoms with E-state index in [4.69, 9.17) is 4.98 Å². The van der Waals surface area contributed by atoms with Gasteiger partial charge in [-0.2, -0.15) is 0 Å². The predicted molar refractivity (Wildman–Crippen MR) is 99.6 cm³/mol. The molecule has 0 spiro atoms. The summed E-state index contributed by atoms with van der Waals surface area (Å²) in [7, 11) is 0. The average Bonchev–Trinajstić information content (AvgIpc) is 2.96. The van der Waals surface area contributed by atoms with Gasteiger partial charge in [0.05, 0.1) is 11.0 Å². The molecule has 128 valence electrons. The summed E-state index contributed by atoms with van der Waals surface area (Å²) >= 11 is 0. The minimum absolute atomic E-state index is 0.0530. The molecule has 0 fully saturated rings. The van der Waals surface area contributed by atoms with Crippen molar-refractivity contribution in [3.63, 3.8) is 0 Å². The second kappa shape index (κ2) is 6.36. The molecular weight excluding hydrogens is 310 g/mol. The first kappa shape index (κ1) is 15.9. The molecule has 0 saturated carbocycles. The van der Waals surface area contributed by atoms with E-state index in [-0.39, 0.29) is 5.91 Å². The van der Waals surface area contributed by atoms with Crippen molar-refractivity contribution in [3.05, 3.63) is 65.0 Å². The summed E-state index contributed by atoms with van der Waals surface area (Å²) in [5, 5.41) is 3.00. The van der Waals surface area contributed by atoms with Crippen LogP contribution in [-0.4, -0.2) is 15.5 Å². The Morgan fingerprint density at radius 2 is 2.16 bits per heavy atom. The molecule has 1 N–H and O–H groups in total. The van der Waals surface area contributed by atoms with Gasteiger partial charge in [0.25, 0.3) is 5.91 Å². The predicted octanol–water partition coefficient (Wildman–Crippen LogP) is 3.86. The number of aryl methyl sites for hydroxylation is 2. The fourth-order valence-electron chi connectivity index (χ4n) is 3.60. The van der Waals surface area contributed by atoms with Crippen molar-refractivity contribution >= 4 is 16.9 Å². The van der Waals surface area contributed by atoms with E-state index in [1.807, 2.05) is 30.3 Å². The van der Waals surface area contributed by atoms with Crippen LogP contribution in [0.1, 0.15) is 40.7 Å². The molecule has 1 aromatic heterocycles. The van der Waals surface area contributed by atoms with E-state index < -0.39 is 0 Å². The van der Waals surface area contributed by atoms with Gasteiger partial charge >= 0.3 is 0 Å². The van der Waals surface area contributed by atoms with Gasteiger partial charge < -0.3 is 9.88 Å². The number of nitrogens with zero attached hydrogens (tertiary/aromatic N) is 2. The standard InChI is InChI=1S/C21H23N3O/c1-14-4-3-5-16(10-14)13-22-21(25)17-6-7-19-18(12-17)23-20-11-15(2)8-9-24(19)20/h3-7,10,12,15H,8-9,11,13H2,1-2H3,(H,22,25)/t15-/m0/s1. The minimum Gasteiger partial charge on any atom is -0.348 e. The number of rotatable bonds is 3. The SMILES string of the molecule is Cc1cccc(CNC(=O)c2ccc3c(c2)nc2n3CC[C@H](C)C2)c1. The van der Waals surface area contributed by atoms with Gasteiger partial charge in [0.2, 0.25) is 0 Å². The Labute approximate surface area is 147 Å². The molecule has 4 rings (SSSR count). The number of imidazole rings is 1. The zero-order chi connectivity index (χ0) is 17.4. The van der Waals surface area contributed by atoms with Crippen LogP contribution in [0.3, 0.4) is 0 Å². The van der Waals surface area contributed by atoms with Crippen LogP contribution in [0.5, 0.6) is 0 Å². The van der Waals surface area contributed by atoms with E-state index in [1.165, 1.54) is 12.0 Å². The maximum Gasteiger partial charge on any atom is 0.251 e. The molecule has 2 heterocycles. The molecule has 1 aliphatic heterocycles. The molecule has 25 heavy (non-hydrogen) atoms. The zero-order valence-electron chi connectivity index (χ0n) is 14.7. The first-order valence-electron chi connectivity index (χ1n) is 8.93. The summed E-state index contributed by atoms with van der Waals surface area (Å²) in [5.41, 5.74) is 5.04. The van der Waals surface area contributed by atoms with Gasteiger partial charge in [0, 0.05) is 25.1 Å². The molecule has 1 atom stereocenters. The van der Waals surface area contributed by atoms with Crippen molar-refractivity contribution in [1.29, 1.82) is 0 Å². The van der Waals surface area contributed by atoms with Gasteiger partial charge in [-0.1, -0.05) is 36.8 Å². The molecule has 0 aliphatic carbocycles. The van der Waals surface area contributed by atoms with Crippen molar-refractivity contribution in [2.24, 2.45) is 5.92 Å². The third-order valence-corrected chi connectivity index (χ3v) is 5.00. The van der Waals surface area contributed by atoms with Gasteiger partial charge in [0.1, 0.15) is 5.82 Å². The first-order valence-corrected chi connectivity index (χ1v) is 8.93. The number of fused-ring (bicyclic) bond motifs is 3. The molecule has 0 radical (unpaired) electrons. The van der Waals surface area contributed by atoms with Gasteiger partial charge in [-0.15, -0.1) is 0 Å².